The fourth-order valence-corrected chi connectivity index (χ4v) is 1.58. The molecule has 1 aromatic carbocycles. The van der Waals surface area contributed by atoms with E-state index in [1.165, 1.54) is 30.4 Å². The van der Waals surface area contributed by atoms with Gasteiger partial charge in [-0.05, 0) is 29.6 Å². The van der Waals surface area contributed by atoms with Crippen molar-refractivity contribution < 1.29 is 0 Å². The van der Waals surface area contributed by atoms with Gasteiger partial charge in [0.15, 0.2) is 0 Å². The van der Waals surface area contributed by atoms with Gasteiger partial charge >= 0.3 is 0 Å². The van der Waals surface area contributed by atoms with E-state index in [1.54, 1.807) is 0 Å². The highest BCUT2D eigenvalue weighted by Gasteiger charge is 2.02. The van der Waals surface area contributed by atoms with Crippen molar-refractivity contribution in [2.75, 3.05) is 0 Å². The van der Waals surface area contributed by atoms with E-state index in [1.807, 2.05) is 18.2 Å². The van der Waals surface area contributed by atoms with Gasteiger partial charge in [0.1, 0.15) is 0 Å². The number of benzene rings is 1. The van der Waals surface area contributed by atoms with Gasteiger partial charge in [-0.15, -0.1) is 0 Å². The Morgan fingerprint density at radius 3 is 2.33 bits per heavy atom. The molecule has 0 unspecified atom stereocenters. The Hall–Kier alpha value is -1.30. The van der Waals surface area contributed by atoms with Gasteiger partial charge < -0.3 is 0 Å². The highest BCUT2D eigenvalue weighted by atomic mass is 14.1. The van der Waals surface area contributed by atoms with Crippen molar-refractivity contribution >= 4 is 5.57 Å². The number of unbranched alkanes of at least 4 members (excludes halogenated alkanes) is 2. The Kier molecular flexibility index (Phi) is 4.89. The summed E-state index contributed by atoms with van der Waals surface area (Å²) in [6.45, 7) is 10.4. The van der Waals surface area contributed by atoms with E-state index in [-0.39, 0.29) is 0 Å². The summed E-state index contributed by atoms with van der Waals surface area (Å²) in [4.78, 5) is 0. The van der Waals surface area contributed by atoms with Crippen LogP contribution in [0.25, 0.3) is 5.57 Å². The third-order valence-corrected chi connectivity index (χ3v) is 2.63. The minimum absolute atomic E-state index is 1.07. The van der Waals surface area contributed by atoms with Gasteiger partial charge in [-0.2, -0.15) is 0 Å². The predicted octanol–water partition coefficient (Wildman–Crippen LogP) is 4.84. The minimum Gasteiger partial charge on any atom is -0.0952 e. The summed E-state index contributed by atoms with van der Waals surface area (Å²) in [7, 11) is 0. The summed E-state index contributed by atoms with van der Waals surface area (Å²) in [6, 6.07) is 10.3. The van der Waals surface area contributed by atoms with E-state index in [4.69, 9.17) is 0 Å². The van der Waals surface area contributed by atoms with E-state index in [0.717, 1.165) is 12.0 Å². The molecule has 0 heteroatoms. The first-order chi connectivity index (χ1) is 7.25. The molecular weight excluding hydrogens is 180 g/mol. The molecule has 0 radical (unpaired) electrons. The van der Waals surface area contributed by atoms with Crippen molar-refractivity contribution in [3.05, 3.63) is 54.6 Å². The first kappa shape index (κ1) is 11.8. The first-order valence-electron chi connectivity index (χ1n) is 5.68. The molecule has 0 saturated heterocycles. The van der Waals surface area contributed by atoms with Crippen LogP contribution in [0.2, 0.25) is 0 Å². The Bertz CT molecular complexity index is 319. The minimum atomic E-state index is 1.07. The lowest BCUT2D eigenvalue weighted by Gasteiger charge is -2.09. The van der Waals surface area contributed by atoms with Gasteiger partial charge in [0.25, 0.3) is 0 Å². The van der Waals surface area contributed by atoms with Crippen LogP contribution in [-0.4, -0.2) is 0 Å². The number of hydrogen-bond donors (Lipinski definition) is 0. The third-order valence-electron chi connectivity index (χ3n) is 2.63. The van der Waals surface area contributed by atoms with Crippen LogP contribution in [0.15, 0.2) is 49.1 Å². The Morgan fingerprint density at radius 1 is 1.07 bits per heavy atom. The Labute approximate surface area is 93.3 Å². The van der Waals surface area contributed by atoms with E-state index in [0.29, 0.717) is 0 Å². The van der Waals surface area contributed by atoms with Crippen molar-refractivity contribution in [1.29, 1.82) is 0 Å². The van der Waals surface area contributed by atoms with E-state index in [2.05, 4.69) is 32.2 Å². The first-order valence-corrected chi connectivity index (χ1v) is 5.68. The zero-order chi connectivity index (χ0) is 11.1. The summed E-state index contributed by atoms with van der Waals surface area (Å²) >= 11 is 0. The molecule has 0 saturated carbocycles. The predicted molar refractivity (Wildman–Crippen MR) is 68.8 cm³/mol. The van der Waals surface area contributed by atoms with Crippen LogP contribution in [0.1, 0.15) is 38.2 Å². The topological polar surface area (TPSA) is 0 Å². The maximum atomic E-state index is 4.10. The van der Waals surface area contributed by atoms with Crippen LogP contribution in [-0.2, 0) is 0 Å². The molecule has 15 heavy (non-hydrogen) atoms. The molecule has 0 fully saturated rings. The molecular formula is C15H20. The van der Waals surface area contributed by atoms with Crippen molar-refractivity contribution in [3.63, 3.8) is 0 Å². The normalized spacial score (nSPS) is 9.93. The standard InChI is InChI=1S/C15H20/c1-4-5-7-10-13(2)14(3)15-11-8-6-9-12-15/h6,8-9,11-12H,2-5,7,10H2,1H3. The molecule has 0 nitrogen and oxygen atoms in total. The molecule has 1 aromatic rings. The van der Waals surface area contributed by atoms with Crippen LogP contribution < -0.4 is 0 Å². The molecule has 80 valence electrons. The maximum absolute atomic E-state index is 4.10. The quantitative estimate of drug-likeness (QED) is 0.455. The summed E-state index contributed by atoms with van der Waals surface area (Å²) in [5, 5.41) is 0. The summed E-state index contributed by atoms with van der Waals surface area (Å²) < 4.78 is 0. The van der Waals surface area contributed by atoms with Crippen LogP contribution >= 0.6 is 0 Å². The fourth-order valence-electron chi connectivity index (χ4n) is 1.58. The zero-order valence-corrected chi connectivity index (χ0v) is 9.63. The van der Waals surface area contributed by atoms with Gasteiger partial charge in [-0.3, -0.25) is 0 Å². The largest absolute Gasteiger partial charge is 0.0952 e. The fraction of sp³-hybridized carbons (Fsp3) is 0.333. The molecule has 0 bridgehead atoms. The lowest BCUT2D eigenvalue weighted by atomic mass is 9.97. The molecule has 0 aliphatic heterocycles. The van der Waals surface area contributed by atoms with Crippen LogP contribution in [0.4, 0.5) is 0 Å². The number of rotatable bonds is 6. The summed E-state index contributed by atoms with van der Waals surface area (Å²) in [5.41, 5.74) is 3.46. The van der Waals surface area contributed by atoms with Crippen LogP contribution in [0.5, 0.6) is 0 Å². The molecule has 0 aliphatic carbocycles. The maximum Gasteiger partial charge on any atom is -0.0187 e. The van der Waals surface area contributed by atoms with Crippen LogP contribution in [0, 0.1) is 0 Å². The summed E-state index contributed by atoms with van der Waals surface area (Å²) in [5.74, 6) is 0. The highest BCUT2D eigenvalue weighted by molar-refractivity contribution is 5.76. The van der Waals surface area contributed by atoms with Crippen LogP contribution in [0.3, 0.4) is 0 Å². The number of allylic oxidation sites excluding steroid dienone is 2. The molecule has 0 N–H and O–H groups in total. The lowest BCUT2D eigenvalue weighted by molar-refractivity contribution is 0.721. The SMILES string of the molecule is C=C(CCCCC)C(=C)c1ccccc1. The van der Waals surface area contributed by atoms with E-state index < -0.39 is 0 Å². The molecule has 0 amide bonds. The van der Waals surface area contributed by atoms with Gasteiger partial charge in [0.05, 0.1) is 0 Å². The monoisotopic (exact) mass is 200 g/mol. The second-order valence-electron chi connectivity index (χ2n) is 3.91. The van der Waals surface area contributed by atoms with Gasteiger partial charge in [0, 0.05) is 0 Å². The van der Waals surface area contributed by atoms with E-state index >= 15 is 0 Å². The Balaban J connectivity index is 2.50. The third kappa shape index (κ3) is 3.75. The highest BCUT2D eigenvalue weighted by Crippen LogP contribution is 2.23. The molecule has 1 rings (SSSR count). The van der Waals surface area contributed by atoms with Crippen molar-refractivity contribution in [3.8, 4) is 0 Å². The molecule has 0 atom stereocenters. The zero-order valence-electron chi connectivity index (χ0n) is 9.63. The van der Waals surface area contributed by atoms with E-state index in [9.17, 15) is 0 Å². The van der Waals surface area contributed by atoms with Crippen molar-refractivity contribution in [2.45, 2.75) is 32.6 Å². The number of hydrogen-bond acceptors (Lipinski definition) is 0. The molecule has 0 heterocycles. The average Bonchev–Trinajstić information content (AvgIpc) is 2.29. The summed E-state index contributed by atoms with van der Waals surface area (Å²) in [6.07, 6.45) is 4.83. The van der Waals surface area contributed by atoms with Crippen molar-refractivity contribution in [1.82, 2.24) is 0 Å². The second kappa shape index (κ2) is 6.23. The average molecular weight is 200 g/mol. The molecule has 0 aromatic heterocycles. The second-order valence-corrected chi connectivity index (χ2v) is 3.91. The lowest BCUT2D eigenvalue weighted by Crippen LogP contribution is -1.87. The molecule has 0 aliphatic rings. The van der Waals surface area contributed by atoms with Gasteiger partial charge in [-0.25, -0.2) is 0 Å². The molecule has 0 spiro atoms. The van der Waals surface area contributed by atoms with Gasteiger partial charge in [-0.1, -0.05) is 63.3 Å². The van der Waals surface area contributed by atoms with Crippen molar-refractivity contribution in [2.24, 2.45) is 0 Å². The smallest absolute Gasteiger partial charge is 0.0187 e. The van der Waals surface area contributed by atoms with Gasteiger partial charge in [0.2, 0.25) is 0 Å². The Morgan fingerprint density at radius 2 is 1.73 bits per heavy atom.